The van der Waals surface area contributed by atoms with Crippen LogP contribution in [0.25, 0.3) is 0 Å². The third kappa shape index (κ3) is 1.95. The zero-order chi connectivity index (χ0) is 11.8. The Morgan fingerprint density at radius 2 is 2.19 bits per heavy atom. The molecule has 0 amide bonds. The third-order valence-corrected chi connectivity index (χ3v) is 3.09. The second kappa shape index (κ2) is 3.91. The standard InChI is InChI=1S/C13H17NO2/c1-3-16-12(15)11-5-4-10(8-9(11)2)13(14)6-7-13/h4-5,8H,3,6-7,14H2,1-2H3. The van der Waals surface area contributed by atoms with Gasteiger partial charge < -0.3 is 10.5 Å². The van der Waals surface area contributed by atoms with E-state index in [0.29, 0.717) is 12.2 Å². The minimum absolute atomic E-state index is 0.141. The maximum atomic E-state index is 11.6. The average molecular weight is 219 g/mol. The molecule has 0 saturated heterocycles. The summed E-state index contributed by atoms with van der Waals surface area (Å²) >= 11 is 0. The van der Waals surface area contributed by atoms with Gasteiger partial charge in [0.05, 0.1) is 12.2 Å². The Bertz CT molecular complexity index is 422. The molecule has 3 heteroatoms. The van der Waals surface area contributed by atoms with E-state index < -0.39 is 0 Å². The van der Waals surface area contributed by atoms with Gasteiger partial charge in [0.25, 0.3) is 0 Å². The van der Waals surface area contributed by atoms with Crippen molar-refractivity contribution >= 4 is 5.97 Å². The van der Waals surface area contributed by atoms with Gasteiger partial charge in [-0.2, -0.15) is 0 Å². The smallest absolute Gasteiger partial charge is 0.338 e. The number of carbonyl (C=O) groups excluding carboxylic acids is 1. The number of carbonyl (C=O) groups is 1. The van der Waals surface area contributed by atoms with Gasteiger partial charge in [0.15, 0.2) is 0 Å². The van der Waals surface area contributed by atoms with Crippen LogP contribution in [-0.2, 0) is 10.3 Å². The van der Waals surface area contributed by atoms with Crippen LogP contribution in [0.5, 0.6) is 0 Å². The molecule has 1 fully saturated rings. The highest BCUT2D eigenvalue weighted by molar-refractivity contribution is 5.91. The van der Waals surface area contributed by atoms with Gasteiger partial charge in [-0.15, -0.1) is 0 Å². The molecule has 1 aromatic rings. The lowest BCUT2D eigenvalue weighted by Crippen LogP contribution is -2.19. The maximum absolute atomic E-state index is 11.6. The Labute approximate surface area is 95.6 Å². The van der Waals surface area contributed by atoms with Crippen molar-refractivity contribution in [2.24, 2.45) is 5.73 Å². The van der Waals surface area contributed by atoms with Crippen LogP contribution in [0.2, 0.25) is 0 Å². The Kier molecular flexibility index (Phi) is 2.72. The molecule has 2 N–H and O–H groups in total. The third-order valence-electron chi connectivity index (χ3n) is 3.09. The number of rotatable bonds is 3. The highest BCUT2D eigenvalue weighted by atomic mass is 16.5. The molecule has 1 aromatic carbocycles. The fourth-order valence-electron chi connectivity index (χ4n) is 1.83. The number of nitrogens with two attached hydrogens (primary N) is 1. The van der Waals surface area contributed by atoms with Gasteiger partial charge in [-0.25, -0.2) is 4.79 Å². The van der Waals surface area contributed by atoms with E-state index in [9.17, 15) is 4.79 Å². The molecule has 1 aliphatic carbocycles. The summed E-state index contributed by atoms with van der Waals surface area (Å²) in [5, 5.41) is 0. The Hall–Kier alpha value is -1.35. The molecule has 0 atom stereocenters. The summed E-state index contributed by atoms with van der Waals surface area (Å²) in [6.07, 6.45) is 2.07. The van der Waals surface area contributed by atoms with E-state index in [1.807, 2.05) is 25.1 Å². The van der Waals surface area contributed by atoms with Crippen molar-refractivity contribution in [1.29, 1.82) is 0 Å². The van der Waals surface area contributed by atoms with Crippen molar-refractivity contribution in [2.75, 3.05) is 6.61 Å². The van der Waals surface area contributed by atoms with E-state index in [1.165, 1.54) is 0 Å². The second-order valence-corrected chi connectivity index (χ2v) is 4.41. The molecular weight excluding hydrogens is 202 g/mol. The maximum Gasteiger partial charge on any atom is 0.338 e. The van der Waals surface area contributed by atoms with Gasteiger partial charge >= 0.3 is 5.97 Å². The van der Waals surface area contributed by atoms with Gasteiger partial charge in [0.1, 0.15) is 0 Å². The first kappa shape index (κ1) is 11.1. The SMILES string of the molecule is CCOC(=O)c1ccc(C2(N)CC2)cc1C. The predicted molar refractivity (Wildman–Crippen MR) is 62.2 cm³/mol. The van der Waals surface area contributed by atoms with Crippen molar-refractivity contribution in [3.05, 3.63) is 34.9 Å². The van der Waals surface area contributed by atoms with Gasteiger partial charge in [-0.05, 0) is 43.9 Å². The largest absolute Gasteiger partial charge is 0.462 e. The van der Waals surface area contributed by atoms with Crippen molar-refractivity contribution in [2.45, 2.75) is 32.2 Å². The summed E-state index contributed by atoms with van der Waals surface area (Å²) in [6.45, 7) is 4.13. The van der Waals surface area contributed by atoms with Crippen molar-refractivity contribution in [3.63, 3.8) is 0 Å². The fraction of sp³-hybridized carbons (Fsp3) is 0.462. The lowest BCUT2D eigenvalue weighted by atomic mass is 9.99. The van der Waals surface area contributed by atoms with E-state index >= 15 is 0 Å². The molecule has 0 unspecified atom stereocenters. The fourth-order valence-corrected chi connectivity index (χ4v) is 1.83. The molecular formula is C13H17NO2. The molecule has 0 aliphatic heterocycles. The van der Waals surface area contributed by atoms with Crippen LogP contribution in [0.4, 0.5) is 0 Å². The summed E-state index contributed by atoms with van der Waals surface area (Å²) in [5.74, 6) is -0.256. The first-order chi connectivity index (χ1) is 7.57. The van der Waals surface area contributed by atoms with Crippen molar-refractivity contribution in [3.8, 4) is 0 Å². The zero-order valence-corrected chi connectivity index (χ0v) is 9.75. The van der Waals surface area contributed by atoms with E-state index in [0.717, 1.165) is 24.0 Å². The summed E-state index contributed by atoms with van der Waals surface area (Å²) in [6, 6.07) is 5.75. The quantitative estimate of drug-likeness (QED) is 0.792. The summed E-state index contributed by atoms with van der Waals surface area (Å²) in [7, 11) is 0. The molecule has 0 bridgehead atoms. The highest BCUT2D eigenvalue weighted by Crippen LogP contribution is 2.42. The van der Waals surface area contributed by atoms with Gasteiger partial charge in [-0.3, -0.25) is 0 Å². The van der Waals surface area contributed by atoms with E-state index in [1.54, 1.807) is 6.92 Å². The normalized spacial score (nSPS) is 16.9. The molecule has 0 aromatic heterocycles. The van der Waals surface area contributed by atoms with Gasteiger partial charge in [0, 0.05) is 5.54 Å². The number of hydrogen-bond donors (Lipinski definition) is 1. The lowest BCUT2D eigenvalue weighted by molar-refractivity contribution is 0.0525. The Balaban J connectivity index is 2.26. The summed E-state index contributed by atoms with van der Waals surface area (Å²) in [5.41, 5.74) is 8.66. The zero-order valence-electron chi connectivity index (χ0n) is 9.75. The topological polar surface area (TPSA) is 52.3 Å². The van der Waals surface area contributed by atoms with Crippen molar-refractivity contribution in [1.82, 2.24) is 0 Å². The van der Waals surface area contributed by atoms with Gasteiger partial charge in [0.2, 0.25) is 0 Å². The highest BCUT2D eigenvalue weighted by Gasteiger charge is 2.40. The first-order valence-corrected chi connectivity index (χ1v) is 5.64. The molecule has 2 rings (SSSR count). The second-order valence-electron chi connectivity index (χ2n) is 4.41. The van der Waals surface area contributed by atoms with Crippen LogP contribution >= 0.6 is 0 Å². The number of benzene rings is 1. The molecule has 1 aliphatic rings. The summed E-state index contributed by atoms with van der Waals surface area (Å²) < 4.78 is 4.98. The lowest BCUT2D eigenvalue weighted by Gasteiger charge is -2.12. The molecule has 0 radical (unpaired) electrons. The van der Waals surface area contributed by atoms with Crippen LogP contribution in [0.15, 0.2) is 18.2 Å². The molecule has 0 heterocycles. The number of aryl methyl sites for hydroxylation is 1. The van der Waals surface area contributed by atoms with Crippen LogP contribution in [0.3, 0.4) is 0 Å². The minimum atomic E-state index is -0.256. The van der Waals surface area contributed by atoms with Crippen LogP contribution in [-0.4, -0.2) is 12.6 Å². The number of hydrogen-bond acceptors (Lipinski definition) is 3. The number of esters is 1. The molecule has 86 valence electrons. The average Bonchev–Trinajstić information content (AvgIpc) is 2.98. The first-order valence-electron chi connectivity index (χ1n) is 5.64. The molecule has 16 heavy (non-hydrogen) atoms. The van der Waals surface area contributed by atoms with Gasteiger partial charge in [-0.1, -0.05) is 12.1 Å². The van der Waals surface area contributed by atoms with E-state index in [-0.39, 0.29) is 11.5 Å². The summed E-state index contributed by atoms with van der Waals surface area (Å²) in [4.78, 5) is 11.6. The Morgan fingerprint density at radius 1 is 1.50 bits per heavy atom. The van der Waals surface area contributed by atoms with Crippen molar-refractivity contribution < 1.29 is 9.53 Å². The van der Waals surface area contributed by atoms with Crippen LogP contribution < -0.4 is 5.73 Å². The van der Waals surface area contributed by atoms with E-state index in [4.69, 9.17) is 10.5 Å². The predicted octanol–water partition coefficient (Wildman–Crippen LogP) is 2.12. The Morgan fingerprint density at radius 3 is 2.69 bits per heavy atom. The van der Waals surface area contributed by atoms with Crippen LogP contribution in [0.1, 0.15) is 41.3 Å². The molecule has 1 saturated carbocycles. The number of ether oxygens (including phenoxy) is 1. The molecule has 3 nitrogen and oxygen atoms in total. The van der Waals surface area contributed by atoms with E-state index in [2.05, 4.69) is 0 Å². The molecule has 0 spiro atoms. The monoisotopic (exact) mass is 219 g/mol. The minimum Gasteiger partial charge on any atom is -0.462 e. The van der Waals surface area contributed by atoms with Crippen LogP contribution in [0, 0.1) is 6.92 Å².